The molecule has 106 valence electrons. The maximum atomic E-state index is 11.8. The van der Waals surface area contributed by atoms with Crippen molar-refractivity contribution < 1.29 is 19.1 Å². The summed E-state index contributed by atoms with van der Waals surface area (Å²) in [6.07, 6.45) is 0.868. The molecule has 1 amide bonds. The van der Waals surface area contributed by atoms with Crippen molar-refractivity contribution in [1.29, 1.82) is 0 Å². The van der Waals surface area contributed by atoms with Crippen LogP contribution in [-0.4, -0.2) is 63.3 Å². The van der Waals surface area contributed by atoms with Crippen molar-refractivity contribution in [2.75, 3.05) is 40.5 Å². The van der Waals surface area contributed by atoms with Crippen LogP contribution in [0.2, 0.25) is 0 Å². The Kier molecular flexibility index (Phi) is 9.22. The molecule has 0 aliphatic carbocycles. The molecule has 0 aromatic heterocycles. The molecular weight excluding hydrogens is 236 g/mol. The molecule has 0 aromatic rings. The Bertz CT molecular complexity index is 258. The van der Waals surface area contributed by atoms with Gasteiger partial charge in [-0.2, -0.15) is 0 Å². The molecule has 0 rings (SSSR count). The van der Waals surface area contributed by atoms with E-state index in [1.54, 1.807) is 18.9 Å². The van der Waals surface area contributed by atoms with Crippen LogP contribution in [0, 0.1) is 0 Å². The summed E-state index contributed by atoms with van der Waals surface area (Å²) in [5, 5.41) is 2.76. The second-order valence-electron chi connectivity index (χ2n) is 4.01. The van der Waals surface area contributed by atoms with Gasteiger partial charge in [0.15, 0.2) is 0 Å². The average Bonchev–Trinajstić information content (AvgIpc) is 2.37. The summed E-state index contributed by atoms with van der Waals surface area (Å²) in [5.74, 6) is -0.440. The molecule has 1 N–H and O–H groups in total. The van der Waals surface area contributed by atoms with E-state index in [9.17, 15) is 9.59 Å². The fourth-order valence-electron chi connectivity index (χ4n) is 1.52. The maximum Gasteiger partial charge on any atom is 0.319 e. The normalized spacial score (nSPS) is 12.3. The van der Waals surface area contributed by atoms with Crippen molar-refractivity contribution in [3.63, 3.8) is 0 Å². The van der Waals surface area contributed by atoms with Crippen LogP contribution in [0.25, 0.3) is 0 Å². The van der Waals surface area contributed by atoms with Crippen molar-refractivity contribution >= 4 is 11.9 Å². The summed E-state index contributed by atoms with van der Waals surface area (Å²) >= 11 is 0. The number of hydrogen-bond donors (Lipinski definition) is 1. The Balaban J connectivity index is 4.30. The molecular formula is C12H24N2O4. The number of methoxy groups -OCH3 is 2. The first-order valence-corrected chi connectivity index (χ1v) is 6.14. The lowest BCUT2D eigenvalue weighted by Crippen LogP contribution is -2.48. The van der Waals surface area contributed by atoms with Crippen molar-refractivity contribution in [3.05, 3.63) is 0 Å². The third-order valence-corrected chi connectivity index (χ3v) is 2.60. The molecule has 0 heterocycles. The number of hydrogen-bond acceptors (Lipinski definition) is 5. The van der Waals surface area contributed by atoms with Gasteiger partial charge in [-0.25, -0.2) is 0 Å². The van der Waals surface area contributed by atoms with Gasteiger partial charge in [-0.3, -0.25) is 14.5 Å². The SMILES string of the molecule is CCCN(CC(=O)OC)C(C)C(=O)NCCOC. The van der Waals surface area contributed by atoms with Crippen molar-refractivity contribution in [2.24, 2.45) is 0 Å². The Morgan fingerprint density at radius 3 is 2.50 bits per heavy atom. The second-order valence-corrected chi connectivity index (χ2v) is 4.01. The number of ether oxygens (including phenoxy) is 2. The third-order valence-electron chi connectivity index (χ3n) is 2.60. The monoisotopic (exact) mass is 260 g/mol. The first-order chi connectivity index (χ1) is 8.56. The molecule has 0 aromatic carbocycles. The average molecular weight is 260 g/mol. The molecule has 1 unspecified atom stereocenters. The van der Waals surface area contributed by atoms with E-state index in [1.807, 2.05) is 6.92 Å². The van der Waals surface area contributed by atoms with Crippen LogP contribution < -0.4 is 5.32 Å². The number of carbonyl (C=O) groups excluding carboxylic acids is 2. The molecule has 0 aliphatic rings. The minimum atomic E-state index is -0.360. The highest BCUT2D eigenvalue weighted by atomic mass is 16.5. The molecule has 6 nitrogen and oxygen atoms in total. The zero-order valence-electron chi connectivity index (χ0n) is 11.7. The number of esters is 1. The Morgan fingerprint density at radius 1 is 1.33 bits per heavy atom. The largest absolute Gasteiger partial charge is 0.468 e. The smallest absolute Gasteiger partial charge is 0.319 e. The second kappa shape index (κ2) is 9.85. The highest BCUT2D eigenvalue weighted by molar-refractivity contribution is 5.82. The molecule has 0 fully saturated rings. The van der Waals surface area contributed by atoms with E-state index in [0.29, 0.717) is 19.7 Å². The number of nitrogens with one attached hydrogen (secondary N) is 1. The van der Waals surface area contributed by atoms with Gasteiger partial charge in [0.25, 0.3) is 0 Å². The van der Waals surface area contributed by atoms with Crippen LogP contribution in [0.3, 0.4) is 0 Å². The van der Waals surface area contributed by atoms with Gasteiger partial charge in [-0.05, 0) is 19.9 Å². The summed E-state index contributed by atoms with van der Waals surface area (Å²) < 4.78 is 9.48. The molecule has 0 aliphatic heterocycles. The molecule has 18 heavy (non-hydrogen) atoms. The van der Waals surface area contributed by atoms with E-state index in [0.717, 1.165) is 6.42 Å². The quantitative estimate of drug-likeness (QED) is 0.468. The van der Waals surface area contributed by atoms with E-state index < -0.39 is 0 Å². The van der Waals surface area contributed by atoms with E-state index in [1.165, 1.54) is 7.11 Å². The van der Waals surface area contributed by atoms with Gasteiger partial charge >= 0.3 is 5.97 Å². The molecule has 0 saturated carbocycles. The Hall–Kier alpha value is -1.14. The molecule has 6 heteroatoms. The number of carbonyl (C=O) groups is 2. The first-order valence-electron chi connectivity index (χ1n) is 6.14. The van der Waals surface area contributed by atoms with Crippen LogP contribution in [0.1, 0.15) is 20.3 Å². The van der Waals surface area contributed by atoms with E-state index >= 15 is 0 Å². The summed E-state index contributed by atoms with van der Waals surface area (Å²) in [5.41, 5.74) is 0. The van der Waals surface area contributed by atoms with E-state index in [-0.39, 0.29) is 24.5 Å². The van der Waals surface area contributed by atoms with Gasteiger partial charge in [0.1, 0.15) is 0 Å². The van der Waals surface area contributed by atoms with Crippen molar-refractivity contribution in [1.82, 2.24) is 10.2 Å². The summed E-state index contributed by atoms with van der Waals surface area (Å²) in [7, 11) is 2.92. The van der Waals surface area contributed by atoms with Crippen LogP contribution in [0.5, 0.6) is 0 Å². The Labute approximate surface area is 109 Å². The van der Waals surface area contributed by atoms with Gasteiger partial charge < -0.3 is 14.8 Å². The Morgan fingerprint density at radius 2 is 2.00 bits per heavy atom. The summed E-state index contributed by atoms with van der Waals surface area (Å²) in [4.78, 5) is 24.9. The highest BCUT2D eigenvalue weighted by Crippen LogP contribution is 2.01. The van der Waals surface area contributed by atoms with Gasteiger partial charge in [-0.1, -0.05) is 6.92 Å². The van der Waals surface area contributed by atoms with Crippen LogP contribution in [0.15, 0.2) is 0 Å². The fourth-order valence-corrected chi connectivity index (χ4v) is 1.52. The van der Waals surface area contributed by atoms with E-state index in [2.05, 4.69) is 10.1 Å². The number of rotatable bonds is 9. The zero-order valence-corrected chi connectivity index (χ0v) is 11.7. The van der Waals surface area contributed by atoms with Gasteiger partial charge in [0.2, 0.25) is 5.91 Å². The minimum Gasteiger partial charge on any atom is -0.468 e. The standard InChI is InChI=1S/C12H24N2O4/c1-5-7-14(9-11(15)18-4)10(2)12(16)13-6-8-17-3/h10H,5-9H2,1-4H3,(H,13,16). The topological polar surface area (TPSA) is 67.9 Å². The predicted octanol–water partition coefficient (Wildman–Crippen LogP) is 0.0225. The summed E-state index contributed by atoms with van der Waals surface area (Å²) in [6, 6.07) is -0.360. The third kappa shape index (κ3) is 6.56. The highest BCUT2D eigenvalue weighted by Gasteiger charge is 2.22. The van der Waals surface area contributed by atoms with Crippen molar-refractivity contribution in [2.45, 2.75) is 26.3 Å². The first kappa shape index (κ1) is 16.9. The lowest BCUT2D eigenvalue weighted by Gasteiger charge is -2.26. The molecule has 0 radical (unpaired) electrons. The minimum absolute atomic E-state index is 0.107. The zero-order chi connectivity index (χ0) is 14.0. The van der Waals surface area contributed by atoms with Crippen LogP contribution >= 0.6 is 0 Å². The molecule has 0 spiro atoms. The predicted molar refractivity (Wildman–Crippen MR) is 68.2 cm³/mol. The summed E-state index contributed by atoms with van der Waals surface area (Å²) in [6.45, 7) is 5.53. The molecule has 0 bridgehead atoms. The maximum absolute atomic E-state index is 11.8. The van der Waals surface area contributed by atoms with Crippen molar-refractivity contribution in [3.8, 4) is 0 Å². The van der Waals surface area contributed by atoms with Gasteiger partial charge in [0.05, 0.1) is 26.3 Å². The van der Waals surface area contributed by atoms with Crippen LogP contribution in [-0.2, 0) is 19.1 Å². The van der Waals surface area contributed by atoms with Crippen LogP contribution in [0.4, 0.5) is 0 Å². The number of amides is 1. The van der Waals surface area contributed by atoms with Gasteiger partial charge in [-0.15, -0.1) is 0 Å². The van der Waals surface area contributed by atoms with E-state index in [4.69, 9.17) is 4.74 Å². The van der Waals surface area contributed by atoms with Gasteiger partial charge in [0, 0.05) is 13.7 Å². The fraction of sp³-hybridized carbons (Fsp3) is 0.833. The molecule has 1 atom stereocenters. The lowest BCUT2D eigenvalue weighted by molar-refractivity contribution is -0.143. The number of nitrogens with zero attached hydrogens (tertiary/aromatic N) is 1. The lowest BCUT2D eigenvalue weighted by atomic mass is 10.2. The molecule has 0 saturated heterocycles.